The van der Waals surface area contributed by atoms with Crippen molar-refractivity contribution < 1.29 is 0 Å². The molecule has 1 fully saturated rings. The van der Waals surface area contributed by atoms with Crippen LogP contribution in [0.3, 0.4) is 0 Å². The Bertz CT molecular complexity index is 429. The summed E-state index contributed by atoms with van der Waals surface area (Å²) in [4.78, 5) is 0. The van der Waals surface area contributed by atoms with Gasteiger partial charge in [-0.1, -0.05) is 62.1 Å². The van der Waals surface area contributed by atoms with Gasteiger partial charge in [0.2, 0.25) is 0 Å². The molecule has 19 heavy (non-hydrogen) atoms. The normalized spacial score (nSPS) is 16.3. The number of anilines is 1. The lowest BCUT2D eigenvalue weighted by molar-refractivity contribution is 0.593. The van der Waals surface area contributed by atoms with Crippen LogP contribution in [-0.2, 0) is 0 Å². The van der Waals surface area contributed by atoms with Crippen molar-refractivity contribution in [3.8, 4) is 0 Å². The molecule has 102 valence electrons. The van der Waals surface area contributed by atoms with Crippen LogP contribution < -0.4 is 5.32 Å². The van der Waals surface area contributed by atoms with Crippen molar-refractivity contribution in [2.45, 2.75) is 44.4 Å². The largest absolute Gasteiger partial charge is 0.388 e. The third-order valence-electron chi connectivity index (χ3n) is 3.95. The van der Waals surface area contributed by atoms with Crippen LogP contribution >= 0.6 is 0 Å². The maximum Gasteiger partial charge on any atom is 0.0340 e. The summed E-state index contributed by atoms with van der Waals surface area (Å²) >= 11 is 0. The van der Waals surface area contributed by atoms with Crippen LogP contribution in [0.4, 0.5) is 5.69 Å². The third kappa shape index (κ3) is 4.59. The molecule has 0 bridgehead atoms. The molecule has 1 aliphatic carbocycles. The van der Waals surface area contributed by atoms with Crippen molar-refractivity contribution in [1.82, 2.24) is 0 Å². The van der Waals surface area contributed by atoms with Crippen LogP contribution in [0.25, 0.3) is 0 Å². The molecule has 0 unspecified atom stereocenters. The first-order valence-electron chi connectivity index (χ1n) is 7.51. The Labute approximate surface area is 117 Å². The molecule has 0 heterocycles. The van der Waals surface area contributed by atoms with Gasteiger partial charge in [-0.25, -0.2) is 0 Å². The zero-order chi connectivity index (χ0) is 13.3. The van der Waals surface area contributed by atoms with Gasteiger partial charge in [-0.3, -0.25) is 0 Å². The summed E-state index contributed by atoms with van der Waals surface area (Å²) in [6.07, 6.45) is 8.25. The van der Waals surface area contributed by atoms with Crippen LogP contribution in [0.1, 0.15) is 50.0 Å². The summed E-state index contributed by atoms with van der Waals surface area (Å²) in [5.74, 6) is 0.729. The molecule has 0 radical (unpaired) electrons. The molecule has 1 aromatic rings. The van der Waals surface area contributed by atoms with Crippen LogP contribution in [0.15, 0.2) is 48.5 Å². The fourth-order valence-corrected chi connectivity index (χ4v) is 2.82. The standard InChI is InChI=1S/C18H25N/c1-19-18-14-10-4-2-3-9-13-17(15-18)16-11-7-5-6-8-12-16/h2-4,9-10,13-16,19H,5-8,11-12H2,1H3. The van der Waals surface area contributed by atoms with Crippen molar-refractivity contribution in [2.24, 2.45) is 0 Å². The van der Waals surface area contributed by atoms with Crippen molar-refractivity contribution >= 4 is 5.69 Å². The highest BCUT2D eigenvalue weighted by atomic mass is 14.8. The molecule has 1 nitrogen and oxygen atoms in total. The lowest BCUT2D eigenvalue weighted by Gasteiger charge is -2.14. The Hall–Kier alpha value is -1.50. The maximum atomic E-state index is 3.28. The summed E-state index contributed by atoms with van der Waals surface area (Å²) in [6.45, 7) is 0. The molecule has 0 atom stereocenters. The van der Waals surface area contributed by atoms with Crippen molar-refractivity contribution in [1.29, 1.82) is 0 Å². The first kappa shape index (κ1) is 13.9. The second-order valence-electron chi connectivity index (χ2n) is 5.33. The quantitative estimate of drug-likeness (QED) is 0.708. The molecule has 0 amide bonds. The van der Waals surface area contributed by atoms with Crippen molar-refractivity contribution in [3.63, 3.8) is 0 Å². The molecule has 0 aliphatic heterocycles. The minimum atomic E-state index is 0.729. The van der Waals surface area contributed by atoms with E-state index in [-0.39, 0.29) is 0 Å². The molecular weight excluding hydrogens is 230 g/mol. The molecule has 1 heteroatoms. The van der Waals surface area contributed by atoms with Gasteiger partial charge in [0.25, 0.3) is 0 Å². The van der Waals surface area contributed by atoms with E-state index in [4.69, 9.17) is 0 Å². The maximum absolute atomic E-state index is 3.28. The molecule has 0 spiro atoms. The van der Waals surface area contributed by atoms with E-state index < -0.39 is 0 Å². The number of nitrogens with one attached hydrogen (secondary N) is 1. The third-order valence-corrected chi connectivity index (χ3v) is 3.95. The lowest BCUT2D eigenvalue weighted by Crippen LogP contribution is -1.97. The van der Waals surface area contributed by atoms with Gasteiger partial charge in [0, 0.05) is 12.7 Å². The zero-order valence-corrected chi connectivity index (χ0v) is 11.9. The fraction of sp³-hybridized carbons (Fsp3) is 0.444. The highest BCUT2D eigenvalue weighted by molar-refractivity contribution is 5.43. The minimum Gasteiger partial charge on any atom is -0.388 e. The topological polar surface area (TPSA) is 12.0 Å². The zero-order valence-electron chi connectivity index (χ0n) is 11.9. The predicted molar refractivity (Wildman–Crippen MR) is 84.1 cm³/mol. The second-order valence-corrected chi connectivity index (χ2v) is 5.33. The first-order chi connectivity index (χ1) is 9.40. The molecule has 2 rings (SSSR count). The van der Waals surface area contributed by atoms with Gasteiger partial charge in [0.15, 0.2) is 0 Å². The monoisotopic (exact) mass is 255 g/mol. The van der Waals surface area contributed by atoms with E-state index in [1.54, 1.807) is 0 Å². The van der Waals surface area contributed by atoms with Crippen molar-refractivity contribution in [3.05, 3.63) is 54.1 Å². The summed E-state index contributed by atoms with van der Waals surface area (Å²) < 4.78 is 0. The van der Waals surface area contributed by atoms with Crippen molar-refractivity contribution in [2.75, 3.05) is 12.4 Å². The van der Waals surface area contributed by atoms with Gasteiger partial charge >= 0.3 is 0 Å². The highest BCUT2D eigenvalue weighted by Gasteiger charge is 2.13. The SMILES string of the molecule is CNc1cccccccc(C2CCCCCC2)c1. The molecule has 0 saturated heterocycles. The Balaban J connectivity index is 2.36. The minimum absolute atomic E-state index is 0.729. The van der Waals surface area contributed by atoms with Crippen LogP contribution in [0.5, 0.6) is 0 Å². The van der Waals surface area contributed by atoms with Gasteiger partial charge in [0.1, 0.15) is 0 Å². The van der Waals surface area contributed by atoms with Crippen LogP contribution in [0.2, 0.25) is 0 Å². The molecule has 1 aliphatic rings. The Kier molecular flexibility index (Phi) is 5.74. The molecule has 1 saturated carbocycles. The average molecular weight is 255 g/mol. The summed E-state index contributed by atoms with van der Waals surface area (Å²) in [5.41, 5.74) is 2.66. The number of hydrogen-bond donors (Lipinski definition) is 1. The Morgan fingerprint density at radius 1 is 0.842 bits per heavy atom. The smallest absolute Gasteiger partial charge is 0.0340 e. The summed E-state index contributed by atoms with van der Waals surface area (Å²) in [7, 11) is 1.99. The highest BCUT2D eigenvalue weighted by Crippen LogP contribution is 2.31. The second kappa shape index (κ2) is 7.83. The van der Waals surface area contributed by atoms with Gasteiger partial charge in [0.05, 0.1) is 0 Å². The van der Waals surface area contributed by atoms with Gasteiger partial charge in [-0.15, -0.1) is 0 Å². The molecule has 0 aromatic heterocycles. The van der Waals surface area contributed by atoms with E-state index in [1.807, 2.05) is 7.05 Å². The van der Waals surface area contributed by atoms with Crippen LogP contribution in [0, 0.1) is 0 Å². The van der Waals surface area contributed by atoms with E-state index in [1.165, 1.54) is 49.8 Å². The summed E-state index contributed by atoms with van der Waals surface area (Å²) in [5, 5.41) is 3.28. The Morgan fingerprint density at radius 3 is 2.16 bits per heavy atom. The Morgan fingerprint density at radius 2 is 1.47 bits per heavy atom. The molecule has 1 aromatic carbocycles. The van der Waals surface area contributed by atoms with Gasteiger partial charge in [-0.2, -0.15) is 0 Å². The van der Waals surface area contributed by atoms with E-state index in [2.05, 4.69) is 53.8 Å². The van der Waals surface area contributed by atoms with E-state index in [0.29, 0.717) is 0 Å². The first-order valence-corrected chi connectivity index (χ1v) is 7.51. The fourth-order valence-electron chi connectivity index (χ4n) is 2.82. The van der Waals surface area contributed by atoms with Gasteiger partial charge < -0.3 is 5.32 Å². The van der Waals surface area contributed by atoms with Crippen LogP contribution in [-0.4, -0.2) is 7.05 Å². The summed E-state index contributed by atoms with van der Waals surface area (Å²) in [6, 6.07) is 17.2. The average Bonchev–Trinajstić information content (AvgIpc) is 2.73. The van der Waals surface area contributed by atoms with E-state index >= 15 is 0 Å². The molecule has 1 N–H and O–H groups in total. The molecular formula is C18H25N. The van der Waals surface area contributed by atoms with E-state index in [0.717, 1.165) is 5.92 Å². The van der Waals surface area contributed by atoms with Gasteiger partial charge in [-0.05, 0) is 36.5 Å². The lowest BCUT2D eigenvalue weighted by atomic mass is 9.92. The van der Waals surface area contributed by atoms with E-state index in [9.17, 15) is 0 Å². The predicted octanol–water partition coefficient (Wildman–Crippen LogP) is 5.29. The number of hydrogen-bond acceptors (Lipinski definition) is 1. The number of rotatable bonds is 2.